The summed E-state index contributed by atoms with van der Waals surface area (Å²) in [7, 11) is 0. The van der Waals surface area contributed by atoms with Crippen molar-refractivity contribution in [2.24, 2.45) is 0 Å². The lowest BCUT2D eigenvalue weighted by atomic mass is 9.99. The smallest absolute Gasteiger partial charge is 0.294 e. The molecule has 3 rings (SSSR count). The number of ether oxygens (including phenoxy) is 3. The molecule has 1 aromatic rings. The van der Waals surface area contributed by atoms with Gasteiger partial charge in [-0.05, 0) is 12.1 Å². The van der Waals surface area contributed by atoms with Crippen molar-refractivity contribution in [2.45, 2.75) is 37.0 Å². The number of aliphatic hydroxyl groups is 4. The van der Waals surface area contributed by atoms with Crippen molar-refractivity contribution >= 4 is 11.6 Å². The summed E-state index contributed by atoms with van der Waals surface area (Å²) < 4.78 is 15.8. The van der Waals surface area contributed by atoms with Crippen molar-refractivity contribution < 1.29 is 39.4 Å². The second-order valence-electron chi connectivity index (χ2n) is 5.27. The Morgan fingerprint density at radius 3 is 2.61 bits per heavy atom. The number of aliphatic hydroxyl groups excluding tert-OH is 4. The summed E-state index contributed by atoms with van der Waals surface area (Å²) in [4.78, 5) is 12.0. The van der Waals surface area contributed by atoms with Crippen LogP contribution in [0.4, 0.5) is 5.69 Å². The number of carbonyl (C=O) groups excluding carboxylic acids is 1. The Bertz CT molecular complexity index is 580. The number of fused-ring (bicyclic) bond motifs is 1. The molecule has 2 aliphatic heterocycles. The minimum Gasteiger partial charge on any atom is -0.453 e. The highest BCUT2D eigenvalue weighted by atomic mass is 16.8. The zero-order valence-electron chi connectivity index (χ0n) is 11.9. The maximum Gasteiger partial charge on any atom is 0.294 e. The largest absolute Gasteiger partial charge is 0.453 e. The number of anilines is 1. The topological polar surface area (TPSA) is 138 Å². The molecule has 0 bridgehead atoms. The highest BCUT2D eigenvalue weighted by Crippen LogP contribution is 2.31. The van der Waals surface area contributed by atoms with E-state index in [2.05, 4.69) is 5.32 Å². The van der Waals surface area contributed by atoms with Gasteiger partial charge < -0.3 is 40.0 Å². The first-order chi connectivity index (χ1) is 11.0. The van der Waals surface area contributed by atoms with Crippen LogP contribution in [0.3, 0.4) is 0 Å². The highest BCUT2D eigenvalue weighted by molar-refractivity contribution is 5.96. The first kappa shape index (κ1) is 16.1. The quantitative estimate of drug-likeness (QED) is 0.437. The molecule has 0 unspecified atom stereocenters. The van der Waals surface area contributed by atoms with E-state index in [9.17, 15) is 20.1 Å². The normalized spacial score (nSPS) is 36.8. The van der Waals surface area contributed by atoms with Crippen LogP contribution in [-0.2, 0) is 14.3 Å². The zero-order chi connectivity index (χ0) is 16.6. The first-order valence-corrected chi connectivity index (χ1v) is 7.04. The van der Waals surface area contributed by atoms with Gasteiger partial charge in [-0.3, -0.25) is 4.79 Å². The number of rotatable bonds is 3. The van der Waals surface area contributed by atoms with Gasteiger partial charge in [-0.15, -0.1) is 0 Å². The van der Waals surface area contributed by atoms with Crippen LogP contribution in [0.1, 0.15) is 0 Å². The maximum atomic E-state index is 12.0. The summed E-state index contributed by atoms with van der Waals surface area (Å²) in [5.74, 6) is -0.234. The molecular formula is C14H17NO8. The molecule has 2 aliphatic rings. The van der Waals surface area contributed by atoms with E-state index >= 15 is 0 Å². The summed E-state index contributed by atoms with van der Waals surface area (Å²) in [6.45, 7) is -0.592. The lowest BCUT2D eigenvalue weighted by molar-refractivity contribution is -0.322. The van der Waals surface area contributed by atoms with E-state index in [1.807, 2.05) is 0 Å². The van der Waals surface area contributed by atoms with Crippen molar-refractivity contribution in [3.05, 3.63) is 24.3 Å². The van der Waals surface area contributed by atoms with E-state index in [0.717, 1.165) is 0 Å². The fraction of sp³-hybridized carbons (Fsp3) is 0.500. The minimum absolute atomic E-state index is 0.377. The van der Waals surface area contributed by atoms with E-state index in [1.54, 1.807) is 24.3 Å². The predicted molar refractivity (Wildman–Crippen MR) is 74.3 cm³/mol. The Morgan fingerprint density at radius 2 is 1.87 bits per heavy atom. The zero-order valence-corrected chi connectivity index (χ0v) is 11.9. The third-order valence-corrected chi connectivity index (χ3v) is 3.70. The van der Waals surface area contributed by atoms with Crippen molar-refractivity contribution in [1.29, 1.82) is 0 Å². The van der Waals surface area contributed by atoms with Crippen LogP contribution in [0.25, 0.3) is 0 Å². The van der Waals surface area contributed by atoms with Crippen LogP contribution < -0.4 is 10.1 Å². The molecule has 1 amide bonds. The third-order valence-electron chi connectivity index (χ3n) is 3.70. The molecule has 1 fully saturated rings. The fourth-order valence-electron chi connectivity index (χ4n) is 2.42. The van der Waals surface area contributed by atoms with E-state index in [0.29, 0.717) is 11.4 Å². The molecule has 6 atom stereocenters. The van der Waals surface area contributed by atoms with Gasteiger partial charge in [-0.2, -0.15) is 0 Å². The van der Waals surface area contributed by atoms with Gasteiger partial charge >= 0.3 is 0 Å². The molecule has 2 heterocycles. The SMILES string of the molecule is O=C1Nc2ccccc2O[C@@H]1O[C@H]1O[C@@H](CO)[C@H](O)[C@@H](O)[C@@H]1O. The molecule has 126 valence electrons. The van der Waals surface area contributed by atoms with Crippen molar-refractivity contribution in [1.82, 2.24) is 0 Å². The Balaban J connectivity index is 1.72. The molecule has 0 spiro atoms. The van der Waals surface area contributed by atoms with E-state index < -0.39 is 49.5 Å². The van der Waals surface area contributed by atoms with Gasteiger partial charge in [0.1, 0.15) is 30.2 Å². The Morgan fingerprint density at radius 1 is 1.13 bits per heavy atom. The summed E-state index contributed by atoms with van der Waals surface area (Å²) in [5, 5.41) is 41.0. The van der Waals surface area contributed by atoms with Crippen molar-refractivity contribution in [3.8, 4) is 5.75 Å². The van der Waals surface area contributed by atoms with Crippen molar-refractivity contribution in [3.63, 3.8) is 0 Å². The molecule has 23 heavy (non-hydrogen) atoms. The molecular weight excluding hydrogens is 310 g/mol. The molecule has 0 aromatic heterocycles. The summed E-state index contributed by atoms with van der Waals surface area (Å²) in [6.07, 6.45) is -8.70. The van der Waals surface area contributed by atoms with E-state index in [1.165, 1.54) is 0 Å². The van der Waals surface area contributed by atoms with Crippen LogP contribution in [0.15, 0.2) is 24.3 Å². The molecule has 0 saturated carbocycles. The Labute approximate surface area is 131 Å². The summed E-state index contributed by atoms with van der Waals surface area (Å²) >= 11 is 0. The van der Waals surface area contributed by atoms with Crippen LogP contribution >= 0.6 is 0 Å². The lowest BCUT2D eigenvalue weighted by Gasteiger charge is -2.40. The summed E-state index contributed by atoms with van der Waals surface area (Å²) in [5.41, 5.74) is 0.478. The Hall–Kier alpha value is -1.75. The monoisotopic (exact) mass is 327 g/mol. The van der Waals surface area contributed by atoms with Gasteiger partial charge in [0.25, 0.3) is 12.2 Å². The first-order valence-electron chi connectivity index (χ1n) is 7.04. The van der Waals surface area contributed by atoms with Gasteiger partial charge in [-0.25, -0.2) is 0 Å². The van der Waals surface area contributed by atoms with Gasteiger partial charge in [0.15, 0.2) is 6.29 Å². The van der Waals surface area contributed by atoms with Gasteiger partial charge in [0, 0.05) is 0 Å². The molecule has 0 aliphatic carbocycles. The van der Waals surface area contributed by atoms with Crippen molar-refractivity contribution in [2.75, 3.05) is 11.9 Å². The molecule has 9 nitrogen and oxygen atoms in total. The van der Waals surface area contributed by atoms with Crippen LogP contribution in [0, 0.1) is 0 Å². The fourth-order valence-corrected chi connectivity index (χ4v) is 2.42. The average Bonchev–Trinajstić information content (AvgIpc) is 2.56. The number of nitrogens with one attached hydrogen (secondary N) is 1. The number of hydrogen-bond donors (Lipinski definition) is 5. The number of carbonyl (C=O) groups is 1. The van der Waals surface area contributed by atoms with Gasteiger partial charge in [-0.1, -0.05) is 12.1 Å². The third kappa shape index (κ3) is 3.02. The number of para-hydroxylation sites is 2. The van der Waals surface area contributed by atoms with Crippen LogP contribution in [0.5, 0.6) is 5.75 Å². The lowest BCUT2D eigenvalue weighted by Crippen LogP contribution is -2.60. The Kier molecular flexibility index (Phi) is 4.48. The molecule has 0 radical (unpaired) electrons. The molecule has 9 heteroatoms. The number of hydrogen-bond acceptors (Lipinski definition) is 8. The predicted octanol–water partition coefficient (Wildman–Crippen LogP) is -1.84. The number of benzene rings is 1. The second kappa shape index (κ2) is 6.40. The summed E-state index contributed by atoms with van der Waals surface area (Å²) in [6, 6.07) is 6.71. The number of amides is 1. The van der Waals surface area contributed by atoms with Gasteiger partial charge in [0.2, 0.25) is 0 Å². The van der Waals surface area contributed by atoms with Gasteiger partial charge in [0.05, 0.1) is 12.3 Å². The standard InChI is InChI=1S/C14H17NO8/c16-5-8-9(17)10(18)11(19)13(22-8)23-14-12(20)15-6-3-1-2-4-7(6)21-14/h1-4,8-11,13-14,16-19H,5H2,(H,15,20)/t8-,9-,10+,11-,13+,14+/m0/s1. The van der Waals surface area contributed by atoms with E-state index in [-0.39, 0.29) is 0 Å². The molecule has 1 aromatic carbocycles. The van der Waals surface area contributed by atoms with Crippen LogP contribution in [0.2, 0.25) is 0 Å². The molecule has 1 saturated heterocycles. The van der Waals surface area contributed by atoms with Crippen LogP contribution in [-0.4, -0.2) is 69.9 Å². The second-order valence-corrected chi connectivity index (χ2v) is 5.27. The molecule has 5 N–H and O–H groups in total. The maximum absolute atomic E-state index is 12.0. The highest BCUT2D eigenvalue weighted by Gasteiger charge is 2.46. The average molecular weight is 327 g/mol. The minimum atomic E-state index is -1.61. The van der Waals surface area contributed by atoms with E-state index in [4.69, 9.17) is 19.3 Å².